The highest BCUT2D eigenvalue weighted by Crippen LogP contribution is 2.39. The summed E-state index contributed by atoms with van der Waals surface area (Å²) in [7, 11) is -2.13. The molecule has 1 heterocycles. The van der Waals surface area contributed by atoms with Gasteiger partial charge in [0.15, 0.2) is 0 Å². The number of likely N-dealkylation sites (tertiary alicyclic amines) is 1. The van der Waals surface area contributed by atoms with Crippen LogP contribution in [0.2, 0.25) is 0 Å². The number of nitrogens with zero attached hydrogens (tertiary/aromatic N) is 2. The summed E-state index contributed by atoms with van der Waals surface area (Å²) in [4.78, 5) is 3.01. The zero-order chi connectivity index (χ0) is 25.8. The summed E-state index contributed by atoms with van der Waals surface area (Å²) in [6.45, 7) is 3.68. The molecule has 1 aliphatic heterocycles. The van der Waals surface area contributed by atoms with E-state index in [0.717, 1.165) is 31.5 Å². The summed E-state index contributed by atoms with van der Waals surface area (Å²) in [6.07, 6.45) is 6.61. The highest BCUT2D eigenvalue weighted by Gasteiger charge is 2.38. The first kappa shape index (κ1) is 25.8. The van der Waals surface area contributed by atoms with Crippen LogP contribution >= 0.6 is 0 Å². The van der Waals surface area contributed by atoms with Gasteiger partial charge in [0.05, 0.1) is 17.7 Å². The number of methoxy groups -OCH3 is 1. The monoisotopic (exact) mass is 518 g/mol. The van der Waals surface area contributed by atoms with Crippen LogP contribution in [0.25, 0.3) is 0 Å². The zero-order valence-electron chi connectivity index (χ0n) is 21.9. The summed E-state index contributed by atoms with van der Waals surface area (Å²) in [5, 5.41) is 0. The number of ether oxygens (including phenoxy) is 1. The van der Waals surface area contributed by atoms with Crippen molar-refractivity contribution in [1.29, 1.82) is 0 Å². The average molecular weight is 519 g/mol. The van der Waals surface area contributed by atoms with Gasteiger partial charge in [-0.2, -0.15) is 0 Å². The Bertz CT molecular complexity index is 1290. The first-order valence-electron chi connectivity index (χ1n) is 13.5. The highest BCUT2D eigenvalue weighted by atomic mass is 32.2. The van der Waals surface area contributed by atoms with Crippen molar-refractivity contribution >= 4 is 15.7 Å². The van der Waals surface area contributed by atoms with Crippen molar-refractivity contribution in [1.82, 2.24) is 4.90 Å². The number of sulfonamides is 1. The minimum Gasteiger partial charge on any atom is -0.497 e. The van der Waals surface area contributed by atoms with E-state index in [-0.39, 0.29) is 6.04 Å². The first-order chi connectivity index (χ1) is 18.0. The number of piperidine rings is 1. The molecule has 1 saturated carbocycles. The lowest BCUT2D eigenvalue weighted by atomic mass is 9.78. The largest absolute Gasteiger partial charge is 0.497 e. The maximum Gasteiger partial charge on any atom is 0.264 e. The fourth-order valence-corrected chi connectivity index (χ4v) is 8.27. The third-order valence-electron chi connectivity index (χ3n) is 8.20. The summed E-state index contributed by atoms with van der Waals surface area (Å²) >= 11 is 0. The molecular formula is C31H38N2O3S. The van der Waals surface area contributed by atoms with Gasteiger partial charge in [-0.3, -0.25) is 9.21 Å². The van der Waals surface area contributed by atoms with Crippen LogP contribution in [0.4, 0.5) is 5.69 Å². The van der Waals surface area contributed by atoms with Crippen molar-refractivity contribution in [2.45, 2.75) is 68.3 Å². The van der Waals surface area contributed by atoms with Crippen LogP contribution in [-0.4, -0.2) is 45.6 Å². The van der Waals surface area contributed by atoms with Crippen LogP contribution in [0.5, 0.6) is 5.75 Å². The summed E-state index contributed by atoms with van der Waals surface area (Å²) in [6, 6.07) is 26.1. The second-order valence-electron chi connectivity index (χ2n) is 10.4. The van der Waals surface area contributed by atoms with E-state index >= 15 is 0 Å². The minimum atomic E-state index is -3.75. The van der Waals surface area contributed by atoms with Crippen molar-refractivity contribution in [2.24, 2.45) is 0 Å². The standard InChI is InChI=1S/C31H38N2O3S/c1-24-11-6-9-18-31(24)37(34,35)33(27-14-10-15-28(23-27)36-2)26-19-21-32(22-20-26)30-17-8-7-16-29(30)25-12-4-3-5-13-25/h3-6,9-15,18,23,26,29-30H,7-8,16-17,19-22H2,1-2H3. The highest BCUT2D eigenvalue weighted by molar-refractivity contribution is 7.93. The first-order valence-corrected chi connectivity index (χ1v) is 15.0. The van der Waals surface area contributed by atoms with Crippen molar-refractivity contribution in [2.75, 3.05) is 24.5 Å². The topological polar surface area (TPSA) is 49.9 Å². The lowest BCUT2D eigenvalue weighted by Gasteiger charge is -2.45. The maximum absolute atomic E-state index is 14.1. The van der Waals surface area contributed by atoms with Gasteiger partial charge in [0.25, 0.3) is 10.0 Å². The second kappa shape index (κ2) is 11.3. The van der Waals surface area contributed by atoms with Gasteiger partial charge in [-0.1, -0.05) is 67.4 Å². The predicted molar refractivity (Wildman–Crippen MR) is 150 cm³/mol. The quantitative estimate of drug-likeness (QED) is 0.364. The molecule has 2 unspecified atom stereocenters. The SMILES string of the molecule is COc1cccc(N(C2CCN(C3CCCCC3c3ccccc3)CC2)S(=O)(=O)c2ccccc2C)c1. The zero-order valence-corrected chi connectivity index (χ0v) is 22.7. The molecule has 0 bridgehead atoms. The normalized spacial score (nSPS) is 21.5. The lowest BCUT2D eigenvalue weighted by molar-refractivity contribution is 0.107. The van der Waals surface area contributed by atoms with Crippen molar-refractivity contribution in [3.8, 4) is 5.75 Å². The Labute approximate surface area is 222 Å². The molecule has 3 aromatic carbocycles. The van der Waals surface area contributed by atoms with Gasteiger partial charge in [-0.15, -0.1) is 0 Å². The molecule has 2 atom stereocenters. The van der Waals surface area contributed by atoms with Gasteiger partial charge in [-0.05, 0) is 67.9 Å². The number of rotatable bonds is 7. The predicted octanol–water partition coefficient (Wildman–Crippen LogP) is 6.39. The van der Waals surface area contributed by atoms with Gasteiger partial charge in [0, 0.05) is 31.2 Å². The van der Waals surface area contributed by atoms with Gasteiger partial charge in [0.1, 0.15) is 5.75 Å². The fourth-order valence-electron chi connectivity index (χ4n) is 6.33. The molecule has 0 amide bonds. The molecule has 6 heteroatoms. The molecule has 0 radical (unpaired) electrons. The Balaban J connectivity index is 1.42. The van der Waals surface area contributed by atoms with Crippen molar-refractivity contribution < 1.29 is 13.2 Å². The molecule has 3 aromatic rings. The molecule has 2 aliphatic rings. The van der Waals surface area contributed by atoms with Crippen molar-refractivity contribution in [3.05, 3.63) is 90.0 Å². The number of aryl methyl sites for hydroxylation is 1. The Morgan fingerprint density at radius 1 is 0.838 bits per heavy atom. The Morgan fingerprint density at radius 2 is 1.54 bits per heavy atom. The number of benzene rings is 3. The molecule has 0 spiro atoms. The Hall–Kier alpha value is -2.83. The van der Waals surface area contributed by atoms with Gasteiger partial charge < -0.3 is 4.74 Å². The number of hydrogen-bond donors (Lipinski definition) is 0. The van der Waals surface area contributed by atoms with E-state index in [1.807, 2.05) is 43.3 Å². The van der Waals surface area contributed by atoms with E-state index in [9.17, 15) is 8.42 Å². The van der Waals surface area contributed by atoms with Crippen LogP contribution in [0.3, 0.4) is 0 Å². The Kier molecular flexibility index (Phi) is 7.87. The third-order valence-corrected chi connectivity index (χ3v) is 10.2. The molecule has 37 heavy (non-hydrogen) atoms. The van der Waals surface area contributed by atoms with E-state index < -0.39 is 10.0 Å². The van der Waals surface area contributed by atoms with E-state index in [0.29, 0.717) is 28.3 Å². The molecule has 2 fully saturated rings. The van der Waals surface area contributed by atoms with Crippen LogP contribution < -0.4 is 9.04 Å². The van der Waals surface area contributed by atoms with Crippen molar-refractivity contribution in [3.63, 3.8) is 0 Å². The van der Waals surface area contributed by atoms with E-state index in [4.69, 9.17) is 4.74 Å². The fraction of sp³-hybridized carbons (Fsp3) is 0.419. The van der Waals surface area contributed by atoms with Crippen LogP contribution in [0.1, 0.15) is 55.6 Å². The Morgan fingerprint density at radius 3 is 2.27 bits per heavy atom. The van der Waals surface area contributed by atoms with E-state index in [1.54, 1.807) is 23.5 Å². The molecule has 0 aromatic heterocycles. The molecular weight excluding hydrogens is 480 g/mol. The summed E-state index contributed by atoms with van der Waals surface area (Å²) in [5.41, 5.74) is 2.87. The van der Waals surface area contributed by atoms with E-state index in [2.05, 4.69) is 35.2 Å². The molecule has 0 N–H and O–H groups in total. The third kappa shape index (κ3) is 5.41. The summed E-state index contributed by atoms with van der Waals surface area (Å²) in [5.74, 6) is 1.21. The van der Waals surface area contributed by atoms with Gasteiger partial charge in [0.2, 0.25) is 0 Å². The molecule has 1 saturated heterocycles. The van der Waals surface area contributed by atoms with Gasteiger partial charge >= 0.3 is 0 Å². The van der Waals surface area contributed by atoms with Crippen LogP contribution in [0, 0.1) is 6.92 Å². The molecule has 5 rings (SSSR count). The molecule has 196 valence electrons. The maximum atomic E-state index is 14.1. The van der Waals surface area contributed by atoms with Crippen LogP contribution in [-0.2, 0) is 10.0 Å². The molecule has 5 nitrogen and oxygen atoms in total. The van der Waals surface area contributed by atoms with Crippen LogP contribution in [0.15, 0.2) is 83.8 Å². The lowest BCUT2D eigenvalue weighted by Crippen LogP contribution is -2.51. The average Bonchev–Trinajstić information content (AvgIpc) is 2.94. The smallest absolute Gasteiger partial charge is 0.264 e. The van der Waals surface area contributed by atoms with Gasteiger partial charge in [-0.25, -0.2) is 8.42 Å². The molecule has 1 aliphatic carbocycles. The number of anilines is 1. The minimum absolute atomic E-state index is 0.105. The second-order valence-corrected chi connectivity index (χ2v) is 12.2. The van der Waals surface area contributed by atoms with E-state index in [1.165, 1.54) is 31.2 Å². The number of hydrogen-bond acceptors (Lipinski definition) is 4. The summed E-state index contributed by atoms with van der Waals surface area (Å²) < 4.78 is 35.4.